The minimum atomic E-state index is -0.469. The van der Waals surface area contributed by atoms with Gasteiger partial charge in [0.25, 0.3) is 11.8 Å². The second-order valence-electron chi connectivity index (χ2n) is 11.7. The summed E-state index contributed by atoms with van der Waals surface area (Å²) in [5.74, 6) is 0.405. The first kappa shape index (κ1) is 24.4. The first-order chi connectivity index (χ1) is 17.7. The van der Waals surface area contributed by atoms with Gasteiger partial charge in [0.2, 0.25) is 0 Å². The third kappa shape index (κ3) is 4.22. The van der Waals surface area contributed by atoms with Crippen molar-refractivity contribution in [3.63, 3.8) is 0 Å². The van der Waals surface area contributed by atoms with Crippen molar-refractivity contribution in [2.24, 2.45) is 5.92 Å². The maximum Gasteiger partial charge on any atom is 0.261 e. The normalized spacial score (nSPS) is 31.4. The highest BCUT2D eigenvalue weighted by molar-refractivity contribution is 6.21. The fourth-order valence-electron chi connectivity index (χ4n) is 6.51. The van der Waals surface area contributed by atoms with Crippen molar-refractivity contribution < 1.29 is 28.9 Å². The smallest absolute Gasteiger partial charge is 0.261 e. The molecular weight excluding hydrogens is 470 g/mol. The third-order valence-corrected chi connectivity index (χ3v) is 8.81. The Morgan fingerprint density at radius 3 is 2.35 bits per heavy atom. The van der Waals surface area contributed by atoms with Gasteiger partial charge in [0, 0.05) is 18.0 Å². The summed E-state index contributed by atoms with van der Waals surface area (Å²) in [4.78, 5) is 26.8. The Bertz CT molecular complexity index is 1210. The van der Waals surface area contributed by atoms with E-state index in [1.54, 1.807) is 30.3 Å². The van der Waals surface area contributed by atoms with Crippen LogP contribution in [0.15, 0.2) is 42.5 Å². The average Bonchev–Trinajstić information content (AvgIpc) is 3.44. The number of hydrogen-bond donors (Lipinski definition) is 1. The van der Waals surface area contributed by atoms with E-state index in [4.69, 9.17) is 14.2 Å². The number of hydrogen-bond acceptors (Lipinski definition) is 6. The summed E-state index contributed by atoms with van der Waals surface area (Å²) in [6.45, 7) is 6.75. The lowest BCUT2D eigenvalue weighted by molar-refractivity contribution is -0.159. The molecule has 6 rings (SSSR count). The van der Waals surface area contributed by atoms with Crippen LogP contribution in [0, 0.1) is 5.92 Å². The minimum absolute atomic E-state index is 0.0136. The van der Waals surface area contributed by atoms with Gasteiger partial charge < -0.3 is 19.3 Å². The number of epoxide rings is 1. The number of phenols is 1. The predicted octanol–water partition coefficient (Wildman–Crippen LogP) is 5.41. The third-order valence-electron chi connectivity index (χ3n) is 8.81. The molecule has 37 heavy (non-hydrogen) atoms. The van der Waals surface area contributed by atoms with Crippen LogP contribution in [0.5, 0.6) is 11.5 Å². The Morgan fingerprint density at radius 1 is 0.973 bits per heavy atom. The van der Waals surface area contributed by atoms with Crippen LogP contribution in [0.2, 0.25) is 0 Å². The van der Waals surface area contributed by atoms with Crippen LogP contribution in [0.3, 0.4) is 0 Å². The van der Waals surface area contributed by atoms with Crippen molar-refractivity contribution >= 4 is 11.8 Å². The second kappa shape index (κ2) is 8.84. The number of aromatic hydroxyl groups is 1. The molecule has 0 aliphatic carbocycles. The van der Waals surface area contributed by atoms with Gasteiger partial charge in [-0.3, -0.25) is 14.5 Å². The summed E-state index contributed by atoms with van der Waals surface area (Å²) in [5, 5.41) is 10.6. The summed E-state index contributed by atoms with van der Waals surface area (Å²) in [5.41, 5.74) is 1.33. The van der Waals surface area contributed by atoms with E-state index < -0.39 is 5.60 Å². The molecule has 196 valence electrons. The maximum absolute atomic E-state index is 12.7. The molecule has 2 saturated heterocycles. The lowest BCUT2D eigenvalue weighted by Crippen LogP contribution is -2.50. The molecule has 4 aliphatic rings. The summed E-state index contributed by atoms with van der Waals surface area (Å²) >= 11 is 0. The van der Waals surface area contributed by atoms with E-state index in [0.29, 0.717) is 29.8 Å². The van der Waals surface area contributed by atoms with Crippen molar-refractivity contribution in [3.8, 4) is 11.5 Å². The minimum Gasteiger partial charge on any atom is -0.504 e. The molecular formula is C30H35NO6. The number of benzene rings is 2. The van der Waals surface area contributed by atoms with E-state index in [1.807, 2.05) is 12.1 Å². The molecule has 7 nitrogen and oxygen atoms in total. The molecule has 0 aromatic heterocycles. The Morgan fingerprint density at radius 2 is 1.68 bits per heavy atom. The number of ether oxygens (including phenoxy) is 3. The zero-order valence-corrected chi connectivity index (χ0v) is 21.7. The highest BCUT2D eigenvalue weighted by atomic mass is 16.6. The van der Waals surface area contributed by atoms with Crippen molar-refractivity contribution in [1.82, 2.24) is 4.90 Å². The number of carbonyl (C=O) groups excluding carboxylic acids is 2. The lowest BCUT2D eigenvalue weighted by atomic mass is 9.72. The SMILES string of the molecule is CC1(C)OC1CC[C@]1(C)Oc2c(O)cccc2[C@@H]2O[C@H](CCCN3C(=O)c4ccccc4C3=O)CC[C@H]21. The van der Waals surface area contributed by atoms with E-state index in [1.165, 1.54) is 4.90 Å². The van der Waals surface area contributed by atoms with Crippen LogP contribution >= 0.6 is 0 Å². The number of imide groups is 1. The molecule has 2 aromatic carbocycles. The Hall–Kier alpha value is -2.90. The first-order valence-corrected chi connectivity index (χ1v) is 13.5. The molecule has 7 heteroatoms. The molecule has 1 unspecified atom stereocenters. The molecule has 2 amide bonds. The Balaban J connectivity index is 1.13. The predicted molar refractivity (Wildman–Crippen MR) is 137 cm³/mol. The number of para-hydroxylation sites is 1. The number of phenolic OH excluding ortho intramolecular Hbond substituents is 1. The van der Waals surface area contributed by atoms with E-state index in [2.05, 4.69) is 20.8 Å². The molecule has 0 spiro atoms. The number of rotatable bonds is 7. The molecule has 5 atom stereocenters. The van der Waals surface area contributed by atoms with Crippen LogP contribution in [0.25, 0.3) is 0 Å². The van der Waals surface area contributed by atoms with E-state index >= 15 is 0 Å². The van der Waals surface area contributed by atoms with Gasteiger partial charge in [-0.1, -0.05) is 24.3 Å². The number of fused-ring (bicyclic) bond motifs is 4. The zero-order chi connectivity index (χ0) is 25.9. The van der Waals surface area contributed by atoms with Gasteiger partial charge in [0.1, 0.15) is 5.60 Å². The zero-order valence-electron chi connectivity index (χ0n) is 21.7. The van der Waals surface area contributed by atoms with E-state index in [-0.39, 0.29) is 47.4 Å². The van der Waals surface area contributed by atoms with Gasteiger partial charge in [0.05, 0.1) is 35.0 Å². The molecule has 1 N–H and O–H groups in total. The Labute approximate surface area is 217 Å². The molecule has 2 aromatic rings. The van der Waals surface area contributed by atoms with Crippen LogP contribution in [-0.2, 0) is 9.47 Å². The molecule has 0 bridgehead atoms. The summed E-state index contributed by atoms with van der Waals surface area (Å²) < 4.78 is 19.1. The fraction of sp³-hybridized carbons (Fsp3) is 0.533. The summed E-state index contributed by atoms with van der Waals surface area (Å²) in [7, 11) is 0. The van der Waals surface area contributed by atoms with Crippen LogP contribution in [-0.4, -0.2) is 51.8 Å². The van der Waals surface area contributed by atoms with Gasteiger partial charge in [-0.25, -0.2) is 0 Å². The van der Waals surface area contributed by atoms with Gasteiger partial charge in [0.15, 0.2) is 11.5 Å². The van der Waals surface area contributed by atoms with Gasteiger partial charge in [-0.2, -0.15) is 0 Å². The molecule has 0 radical (unpaired) electrons. The standard InChI is InChI=1S/C30H35NO6/c1-29(2)24(36-29)15-16-30(3)22-14-13-18(35-25(22)21-11-6-12-23(32)26(21)37-30)8-7-17-31-27(33)19-9-4-5-10-20(19)28(31)34/h4-6,9-12,18,22,24-25,32H,7-8,13-17H2,1-3H3/t18-,22-,24?,25+,30+/m1/s1. The highest BCUT2D eigenvalue weighted by Crippen LogP contribution is 2.55. The average molecular weight is 506 g/mol. The lowest BCUT2D eigenvalue weighted by Gasteiger charge is -2.50. The van der Waals surface area contributed by atoms with Gasteiger partial charge in [-0.05, 0) is 77.5 Å². The van der Waals surface area contributed by atoms with Gasteiger partial charge >= 0.3 is 0 Å². The van der Waals surface area contributed by atoms with Gasteiger partial charge in [-0.15, -0.1) is 0 Å². The van der Waals surface area contributed by atoms with Crippen molar-refractivity contribution in [3.05, 3.63) is 59.2 Å². The maximum atomic E-state index is 12.7. The largest absolute Gasteiger partial charge is 0.504 e. The number of nitrogens with zero attached hydrogens (tertiary/aromatic N) is 1. The fourth-order valence-corrected chi connectivity index (χ4v) is 6.51. The molecule has 0 saturated carbocycles. The van der Waals surface area contributed by atoms with Crippen LogP contribution in [0.1, 0.15) is 91.7 Å². The van der Waals surface area contributed by atoms with E-state index in [9.17, 15) is 14.7 Å². The first-order valence-electron chi connectivity index (χ1n) is 13.5. The monoisotopic (exact) mass is 505 g/mol. The Kier molecular flexibility index (Phi) is 5.84. The van der Waals surface area contributed by atoms with Crippen molar-refractivity contribution in [2.45, 2.75) is 88.8 Å². The van der Waals surface area contributed by atoms with Crippen LogP contribution in [0.4, 0.5) is 0 Å². The van der Waals surface area contributed by atoms with Crippen molar-refractivity contribution in [1.29, 1.82) is 0 Å². The second-order valence-corrected chi connectivity index (χ2v) is 11.7. The van der Waals surface area contributed by atoms with E-state index in [0.717, 1.165) is 37.7 Å². The molecule has 2 fully saturated rings. The topological polar surface area (TPSA) is 88.6 Å². The quantitative estimate of drug-likeness (QED) is 0.400. The summed E-state index contributed by atoms with van der Waals surface area (Å²) in [6, 6.07) is 12.5. The highest BCUT2D eigenvalue weighted by Gasteiger charge is 2.53. The molecule has 4 heterocycles. The molecule has 4 aliphatic heterocycles. The number of amides is 2. The van der Waals surface area contributed by atoms with Crippen LogP contribution < -0.4 is 4.74 Å². The van der Waals surface area contributed by atoms with Crippen molar-refractivity contribution in [2.75, 3.05) is 6.54 Å². The number of carbonyl (C=O) groups is 2. The summed E-state index contributed by atoms with van der Waals surface area (Å²) in [6.07, 6.45) is 5.08.